The average molecular weight is 367 g/mol. The number of aromatic nitrogens is 4. The third-order valence-corrected chi connectivity index (χ3v) is 3.35. The second-order valence-corrected chi connectivity index (χ2v) is 8.10. The molecule has 0 fully saturated rings. The number of imidazole rings is 1. The van der Waals surface area contributed by atoms with E-state index in [4.69, 9.17) is 19.9 Å². The molecule has 0 aliphatic heterocycles. The number of hydrogen-bond donors (Lipinski definition) is 2. The van der Waals surface area contributed by atoms with Crippen molar-refractivity contribution in [2.24, 2.45) is 0 Å². The molecule has 0 bridgehead atoms. The van der Waals surface area contributed by atoms with Crippen LogP contribution in [0.3, 0.4) is 0 Å². The van der Waals surface area contributed by atoms with Crippen LogP contribution >= 0.6 is 0 Å². The molecule has 9 nitrogen and oxygen atoms in total. The van der Waals surface area contributed by atoms with Gasteiger partial charge in [0.25, 0.3) is 5.56 Å². The maximum atomic E-state index is 11.8. The van der Waals surface area contributed by atoms with Gasteiger partial charge in [0, 0.05) is 0 Å². The summed E-state index contributed by atoms with van der Waals surface area (Å²) in [5.74, 6) is 0.0351. The molecule has 2 rings (SSSR count). The minimum atomic E-state index is -0.380. The number of ether oxygens (including phenoxy) is 3. The molecule has 2 aromatic rings. The summed E-state index contributed by atoms with van der Waals surface area (Å²) in [6.45, 7) is 12.8. The van der Waals surface area contributed by atoms with E-state index in [1.165, 1.54) is 6.33 Å². The third-order valence-electron chi connectivity index (χ3n) is 3.35. The van der Waals surface area contributed by atoms with Gasteiger partial charge in [-0.2, -0.15) is 4.98 Å². The lowest BCUT2D eigenvalue weighted by Crippen LogP contribution is -2.34. The van der Waals surface area contributed by atoms with Crippen LogP contribution in [-0.4, -0.2) is 50.0 Å². The normalized spacial score (nSPS) is 13.0. The first-order valence-electron chi connectivity index (χ1n) is 8.55. The van der Waals surface area contributed by atoms with Gasteiger partial charge in [0.2, 0.25) is 5.95 Å². The second kappa shape index (κ2) is 7.73. The number of nitrogen functional groups attached to an aromatic ring is 1. The van der Waals surface area contributed by atoms with Crippen molar-refractivity contribution < 1.29 is 14.2 Å². The number of rotatable bonds is 7. The van der Waals surface area contributed by atoms with Crippen LogP contribution in [0.15, 0.2) is 11.1 Å². The molecule has 0 spiro atoms. The highest BCUT2D eigenvalue weighted by Gasteiger charge is 2.20. The Kier molecular flexibility index (Phi) is 6.05. The summed E-state index contributed by atoms with van der Waals surface area (Å²) < 4.78 is 19.2. The molecule has 0 amide bonds. The smallest absolute Gasteiger partial charge is 0.280 e. The van der Waals surface area contributed by atoms with Crippen LogP contribution in [0.5, 0.6) is 0 Å². The number of nitrogens with one attached hydrogen (secondary N) is 1. The Morgan fingerprint density at radius 3 is 2.27 bits per heavy atom. The van der Waals surface area contributed by atoms with E-state index in [1.54, 1.807) is 4.57 Å². The maximum absolute atomic E-state index is 11.8. The van der Waals surface area contributed by atoms with Crippen LogP contribution in [-0.2, 0) is 20.9 Å². The minimum Gasteiger partial charge on any atom is -0.373 e. The number of nitrogens with zero attached hydrogens (tertiary/aromatic N) is 3. The summed E-state index contributed by atoms with van der Waals surface area (Å²) in [4.78, 5) is 22.5. The van der Waals surface area contributed by atoms with Gasteiger partial charge >= 0.3 is 0 Å². The molecule has 0 aliphatic carbocycles. The van der Waals surface area contributed by atoms with Gasteiger partial charge in [-0.05, 0) is 41.5 Å². The Balaban J connectivity index is 2.09. The monoisotopic (exact) mass is 367 g/mol. The van der Waals surface area contributed by atoms with Crippen molar-refractivity contribution in [3.8, 4) is 0 Å². The van der Waals surface area contributed by atoms with Crippen molar-refractivity contribution in [2.45, 2.75) is 65.6 Å². The van der Waals surface area contributed by atoms with Crippen LogP contribution in [0.25, 0.3) is 11.2 Å². The molecular formula is C17H29N5O4. The van der Waals surface area contributed by atoms with Gasteiger partial charge in [-0.15, -0.1) is 0 Å². The largest absolute Gasteiger partial charge is 0.373 e. The van der Waals surface area contributed by atoms with Gasteiger partial charge < -0.3 is 19.9 Å². The quantitative estimate of drug-likeness (QED) is 0.764. The van der Waals surface area contributed by atoms with Crippen molar-refractivity contribution in [3.63, 3.8) is 0 Å². The average Bonchev–Trinajstić information content (AvgIpc) is 2.87. The molecule has 146 valence electrons. The molecule has 2 aromatic heterocycles. The topological polar surface area (TPSA) is 117 Å². The van der Waals surface area contributed by atoms with Gasteiger partial charge in [-0.25, -0.2) is 4.98 Å². The molecule has 3 N–H and O–H groups in total. The molecule has 0 saturated carbocycles. The molecule has 0 aromatic carbocycles. The highest BCUT2D eigenvalue weighted by molar-refractivity contribution is 5.70. The molecule has 0 aliphatic rings. The predicted molar refractivity (Wildman–Crippen MR) is 98.8 cm³/mol. The number of anilines is 1. The second-order valence-electron chi connectivity index (χ2n) is 8.10. The first kappa shape index (κ1) is 20.3. The highest BCUT2D eigenvalue weighted by Crippen LogP contribution is 2.13. The number of H-pyrrole nitrogens is 1. The van der Waals surface area contributed by atoms with Crippen molar-refractivity contribution >= 4 is 17.1 Å². The molecule has 26 heavy (non-hydrogen) atoms. The fourth-order valence-corrected chi connectivity index (χ4v) is 2.08. The summed E-state index contributed by atoms with van der Waals surface area (Å²) in [5.41, 5.74) is 5.26. The first-order valence-corrected chi connectivity index (χ1v) is 8.55. The standard InChI is InChI=1S/C17H29N5O4/c1-16(2,3)25-7-11(8-26-17(4,5)6)24-10-22-9-19-12-13(22)20-15(18)21-14(12)23/h9,11H,7-8,10H2,1-6H3,(H3,18,20,21,23). The fraction of sp³-hybridized carbons (Fsp3) is 0.706. The predicted octanol–water partition coefficient (Wildman–Crippen LogP) is 1.67. The van der Waals surface area contributed by atoms with Crippen molar-refractivity contribution in [3.05, 3.63) is 16.7 Å². The van der Waals surface area contributed by atoms with E-state index in [-0.39, 0.29) is 41.1 Å². The zero-order chi connectivity index (χ0) is 19.5. The van der Waals surface area contributed by atoms with Gasteiger partial charge in [-0.1, -0.05) is 0 Å². The molecule has 0 saturated heterocycles. The van der Waals surface area contributed by atoms with Crippen molar-refractivity contribution in [1.82, 2.24) is 19.5 Å². The lowest BCUT2D eigenvalue weighted by atomic mass is 10.2. The Morgan fingerprint density at radius 1 is 1.15 bits per heavy atom. The van der Waals surface area contributed by atoms with Gasteiger partial charge in [-0.3, -0.25) is 14.3 Å². The number of fused-ring (bicyclic) bond motifs is 1. The Morgan fingerprint density at radius 2 is 1.73 bits per heavy atom. The van der Waals surface area contributed by atoms with Crippen LogP contribution in [0, 0.1) is 0 Å². The zero-order valence-corrected chi connectivity index (χ0v) is 16.3. The van der Waals surface area contributed by atoms with E-state index in [2.05, 4.69) is 15.0 Å². The van der Waals surface area contributed by atoms with E-state index in [9.17, 15) is 4.79 Å². The van der Waals surface area contributed by atoms with E-state index in [0.29, 0.717) is 18.9 Å². The lowest BCUT2D eigenvalue weighted by Gasteiger charge is -2.27. The molecule has 0 atom stereocenters. The maximum Gasteiger partial charge on any atom is 0.280 e. The van der Waals surface area contributed by atoms with Crippen molar-refractivity contribution in [1.29, 1.82) is 0 Å². The lowest BCUT2D eigenvalue weighted by molar-refractivity contribution is -0.131. The number of aromatic amines is 1. The van der Waals surface area contributed by atoms with Crippen LogP contribution in [0.1, 0.15) is 41.5 Å². The van der Waals surface area contributed by atoms with Crippen LogP contribution in [0.2, 0.25) is 0 Å². The van der Waals surface area contributed by atoms with Crippen molar-refractivity contribution in [2.75, 3.05) is 18.9 Å². The number of nitrogens with two attached hydrogens (primary N) is 1. The van der Waals surface area contributed by atoms with E-state index in [1.807, 2.05) is 41.5 Å². The summed E-state index contributed by atoms with van der Waals surface area (Å²) >= 11 is 0. The fourth-order valence-electron chi connectivity index (χ4n) is 2.08. The summed E-state index contributed by atoms with van der Waals surface area (Å²) in [5, 5.41) is 0. The third kappa shape index (κ3) is 6.08. The molecular weight excluding hydrogens is 338 g/mol. The zero-order valence-electron chi connectivity index (χ0n) is 16.3. The Hall–Kier alpha value is -1.97. The minimum absolute atomic E-state index is 0.0351. The number of hydrogen-bond acceptors (Lipinski definition) is 7. The molecule has 0 unspecified atom stereocenters. The van der Waals surface area contributed by atoms with E-state index < -0.39 is 0 Å². The van der Waals surface area contributed by atoms with Gasteiger partial charge in [0.15, 0.2) is 11.2 Å². The summed E-state index contributed by atoms with van der Waals surface area (Å²) in [6, 6.07) is 0. The highest BCUT2D eigenvalue weighted by atomic mass is 16.6. The summed E-state index contributed by atoms with van der Waals surface area (Å²) in [6.07, 6.45) is 1.21. The molecule has 0 radical (unpaired) electrons. The first-order chi connectivity index (χ1) is 11.9. The molecule has 9 heteroatoms. The molecule has 2 heterocycles. The Labute approximate surface area is 152 Å². The van der Waals surface area contributed by atoms with E-state index in [0.717, 1.165) is 0 Å². The SMILES string of the molecule is CC(C)(C)OCC(COC(C)(C)C)OCn1cnc2c(=O)[nH]c(N)nc21. The van der Waals surface area contributed by atoms with Crippen LogP contribution < -0.4 is 11.3 Å². The van der Waals surface area contributed by atoms with Gasteiger partial charge in [0.1, 0.15) is 12.8 Å². The Bertz CT molecular complexity index is 767. The van der Waals surface area contributed by atoms with E-state index >= 15 is 0 Å². The van der Waals surface area contributed by atoms with Crippen LogP contribution in [0.4, 0.5) is 5.95 Å². The summed E-state index contributed by atoms with van der Waals surface area (Å²) in [7, 11) is 0. The van der Waals surface area contributed by atoms with Gasteiger partial charge in [0.05, 0.1) is 30.7 Å².